The van der Waals surface area contributed by atoms with Gasteiger partial charge in [0, 0.05) is 36.4 Å². The van der Waals surface area contributed by atoms with Crippen molar-refractivity contribution < 1.29 is 4.39 Å². The number of hydrogen-bond donors (Lipinski definition) is 1. The van der Waals surface area contributed by atoms with Crippen LogP contribution in [0.25, 0.3) is 0 Å². The van der Waals surface area contributed by atoms with Crippen molar-refractivity contribution in [3.8, 4) is 0 Å². The van der Waals surface area contributed by atoms with E-state index in [-0.39, 0.29) is 11.4 Å². The Morgan fingerprint density at radius 2 is 2.10 bits per heavy atom. The lowest BCUT2D eigenvalue weighted by atomic mass is 10.0. The standard InChI is InChI=1S/C18H29FN2/c1-5-7-14-10-11-21(13-14)17-9-6-8-16(19)15(17)12-20-18(2,3)4/h6,8-9,14,20H,5,7,10-13H2,1-4H3. The first-order valence-electron chi connectivity index (χ1n) is 8.18. The van der Waals surface area contributed by atoms with Crippen LogP contribution in [0.2, 0.25) is 0 Å². The Morgan fingerprint density at radius 1 is 1.33 bits per heavy atom. The summed E-state index contributed by atoms with van der Waals surface area (Å²) < 4.78 is 14.3. The molecule has 2 rings (SSSR count). The molecule has 1 aliphatic heterocycles. The summed E-state index contributed by atoms with van der Waals surface area (Å²) >= 11 is 0. The molecule has 0 aromatic heterocycles. The molecule has 0 radical (unpaired) electrons. The minimum atomic E-state index is -0.0943. The Balaban J connectivity index is 2.14. The van der Waals surface area contributed by atoms with Gasteiger partial charge < -0.3 is 10.2 Å². The Hall–Kier alpha value is -1.09. The van der Waals surface area contributed by atoms with Gasteiger partial charge in [-0.05, 0) is 51.7 Å². The monoisotopic (exact) mass is 292 g/mol. The van der Waals surface area contributed by atoms with Gasteiger partial charge in [0.1, 0.15) is 5.82 Å². The van der Waals surface area contributed by atoms with Gasteiger partial charge in [0.15, 0.2) is 0 Å². The number of nitrogens with one attached hydrogen (secondary N) is 1. The molecule has 0 bridgehead atoms. The topological polar surface area (TPSA) is 15.3 Å². The highest BCUT2D eigenvalue weighted by molar-refractivity contribution is 5.55. The van der Waals surface area contributed by atoms with Gasteiger partial charge in [0.05, 0.1) is 0 Å². The molecule has 1 saturated heterocycles. The fourth-order valence-electron chi connectivity index (χ4n) is 3.07. The lowest BCUT2D eigenvalue weighted by molar-refractivity contribution is 0.418. The maximum Gasteiger partial charge on any atom is 0.129 e. The largest absolute Gasteiger partial charge is 0.371 e. The first-order valence-corrected chi connectivity index (χ1v) is 8.18. The second-order valence-electron chi connectivity index (χ2n) is 7.23. The second-order valence-corrected chi connectivity index (χ2v) is 7.23. The van der Waals surface area contributed by atoms with Crippen LogP contribution in [0.1, 0.15) is 52.5 Å². The molecule has 1 fully saturated rings. The number of anilines is 1. The predicted octanol–water partition coefficient (Wildman–Crippen LogP) is 4.34. The summed E-state index contributed by atoms with van der Waals surface area (Å²) in [7, 11) is 0. The van der Waals surface area contributed by atoms with E-state index in [0.717, 1.165) is 30.3 Å². The van der Waals surface area contributed by atoms with Crippen molar-refractivity contribution in [2.24, 2.45) is 5.92 Å². The quantitative estimate of drug-likeness (QED) is 0.868. The van der Waals surface area contributed by atoms with Gasteiger partial charge in [0.2, 0.25) is 0 Å². The van der Waals surface area contributed by atoms with E-state index in [0.29, 0.717) is 6.54 Å². The molecule has 0 amide bonds. The average molecular weight is 292 g/mol. The molecule has 1 aliphatic rings. The van der Waals surface area contributed by atoms with Crippen molar-refractivity contribution in [3.05, 3.63) is 29.6 Å². The zero-order valence-electron chi connectivity index (χ0n) is 13.9. The highest BCUT2D eigenvalue weighted by Gasteiger charge is 2.25. The lowest BCUT2D eigenvalue weighted by Crippen LogP contribution is -2.36. The van der Waals surface area contributed by atoms with Gasteiger partial charge in [-0.2, -0.15) is 0 Å². The first-order chi connectivity index (χ1) is 9.90. The average Bonchev–Trinajstić information content (AvgIpc) is 2.85. The van der Waals surface area contributed by atoms with Gasteiger partial charge in [-0.3, -0.25) is 0 Å². The van der Waals surface area contributed by atoms with Crippen LogP contribution in [0, 0.1) is 11.7 Å². The summed E-state index contributed by atoms with van der Waals surface area (Å²) in [6.45, 7) is 11.3. The number of benzene rings is 1. The third kappa shape index (κ3) is 4.44. The Bertz CT molecular complexity index is 465. The van der Waals surface area contributed by atoms with Crippen LogP contribution in [0.15, 0.2) is 18.2 Å². The summed E-state index contributed by atoms with van der Waals surface area (Å²) in [6.07, 6.45) is 3.75. The third-order valence-electron chi connectivity index (χ3n) is 4.21. The lowest BCUT2D eigenvalue weighted by Gasteiger charge is -2.26. The molecule has 1 N–H and O–H groups in total. The highest BCUT2D eigenvalue weighted by atomic mass is 19.1. The molecule has 0 saturated carbocycles. The molecular weight excluding hydrogens is 263 g/mol. The van der Waals surface area contributed by atoms with Gasteiger partial charge in [-0.25, -0.2) is 4.39 Å². The van der Waals surface area contributed by atoms with Crippen LogP contribution < -0.4 is 10.2 Å². The maximum atomic E-state index is 14.3. The van der Waals surface area contributed by atoms with Crippen LogP contribution in [0.5, 0.6) is 0 Å². The van der Waals surface area contributed by atoms with E-state index in [1.165, 1.54) is 19.3 Å². The van der Waals surface area contributed by atoms with Crippen molar-refractivity contribution in [2.45, 2.75) is 59.0 Å². The molecule has 1 aromatic carbocycles. The van der Waals surface area contributed by atoms with E-state index >= 15 is 0 Å². The summed E-state index contributed by atoms with van der Waals surface area (Å²) in [5, 5.41) is 3.41. The zero-order valence-corrected chi connectivity index (χ0v) is 13.9. The van der Waals surface area contributed by atoms with Gasteiger partial charge in [-0.1, -0.05) is 19.4 Å². The van der Waals surface area contributed by atoms with Gasteiger partial charge in [-0.15, -0.1) is 0 Å². The Morgan fingerprint density at radius 3 is 2.76 bits per heavy atom. The normalized spacial score (nSPS) is 19.3. The molecule has 2 nitrogen and oxygen atoms in total. The van der Waals surface area contributed by atoms with E-state index in [1.54, 1.807) is 6.07 Å². The molecule has 21 heavy (non-hydrogen) atoms. The van der Waals surface area contributed by atoms with Crippen molar-refractivity contribution in [1.82, 2.24) is 5.32 Å². The first kappa shape index (κ1) is 16.3. The van der Waals surface area contributed by atoms with E-state index < -0.39 is 0 Å². The third-order valence-corrected chi connectivity index (χ3v) is 4.21. The zero-order chi connectivity index (χ0) is 15.5. The second kappa shape index (κ2) is 6.78. The summed E-state index contributed by atoms with van der Waals surface area (Å²) in [6, 6.07) is 5.47. The van der Waals surface area contributed by atoms with Gasteiger partial charge in [0.25, 0.3) is 0 Å². The van der Waals surface area contributed by atoms with E-state index in [9.17, 15) is 4.39 Å². The van der Waals surface area contributed by atoms with E-state index in [4.69, 9.17) is 0 Å². The number of rotatable bonds is 5. The van der Waals surface area contributed by atoms with Crippen LogP contribution in [-0.2, 0) is 6.54 Å². The smallest absolute Gasteiger partial charge is 0.129 e. The summed E-state index contributed by atoms with van der Waals surface area (Å²) in [5.74, 6) is 0.671. The molecule has 3 heteroatoms. The van der Waals surface area contributed by atoms with Crippen LogP contribution >= 0.6 is 0 Å². The molecule has 1 atom stereocenters. The van der Waals surface area contributed by atoms with E-state index in [2.05, 4.69) is 44.0 Å². The predicted molar refractivity (Wildman–Crippen MR) is 88.2 cm³/mol. The van der Waals surface area contributed by atoms with Crippen molar-refractivity contribution in [3.63, 3.8) is 0 Å². The number of hydrogen-bond acceptors (Lipinski definition) is 2. The summed E-state index contributed by atoms with van der Waals surface area (Å²) in [5.41, 5.74) is 1.88. The van der Waals surface area contributed by atoms with Crippen molar-refractivity contribution in [2.75, 3.05) is 18.0 Å². The minimum Gasteiger partial charge on any atom is -0.371 e. The molecule has 118 valence electrons. The molecule has 1 unspecified atom stereocenters. The molecular formula is C18H29FN2. The minimum absolute atomic E-state index is 0.00466. The van der Waals surface area contributed by atoms with E-state index in [1.807, 2.05) is 6.07 Å². The summed E-state index contributed by atoms with van der Waals surface area (Å²) in [4.78, 5) is 2.36. The number of nitrogens with zero attached hydrogens (tertiary/aromatic N) is 1. The molecule has 1 aromatic rings. The molecule has 0 spiro atoms. The molecule has 0 aliphatic carbocycles. The van der Waals surface area contributed by atoms with Crippen molar-refractivity contribution in [1.29, 1.82) is 0 Å². The highest BCUT2D eigenvalue weighted by Crippen LogP contribution is 2.30. The Labute approximate surface area is 128 Å². The van der Waals surface area contributed by atoms with Crippen LogP contribution in [0.3, 0.4) is 0 Å². The number of halogens is 1. The van der Waals surface area contributed by atoms with Crippen LogP contribution in [-0.4, -0.2) is 18.6 Å². The van der Waals surface area contributed by atoms with Gasteiger partial charge >= 0.3 is 0 Å². The molecule has 1 heterocycles. The van der Waals surface area contributed by atoms with Crippen LogP contribution in [0.4, 0.5) is 10.1 Å². The SMILES string of the molecule is CCCC1CCN(c2cccc(F)c2CNC(C)(C)C)C1. The maximum absolute atomic E-state index is 14.3. The van der Waals surface area contributed by atoms with Crippen molar-refractivity contribution >= 4 is 5.69 Å². The fraction of sp³-hybridized carbons (Fsp3) is 0.667. The Kier molecular flexibility index (Phi) is 5.26. The fourth-order valence-corrected chi connectivity index (χ4v) is 3.07.